The SMILES string of the molecule is CC(C)CNc1ccc2c(c1)OC[C@H](CC(C)C)NS2(=O)=O. The number of hydrogen-bond acceptors (Lipinski definition) is 4. The molecule has 0 amide bonds. The van der Waals surface area contributed by atoms with Crippen LogP contribution in [0, 0.1) is 11.8 Å². The minimum Gasteiger partial charge on any atom is -0.490 e. The molecule has 2 rings (SSSR count). The molecule has 0 bridgehead atoms. The van der Waals surface area contributed by atoms with E-state index >= 15 is 0 Å². The van der Waals surface area contributed by atoms with E-state index in [0.717, 1.165) is 18.7 Å². The summed E-state index contributed by atoms with van der Waals surface area (Å²) >= 11 is 0. The highest BCUT2D eigenvalue weighted by molar-refractivity contribution is 7.89. The van der Waals surface area contributed by atoms with Gasteiger partial charge >= 0.3 is 0 Å². The highest BCUT2D eigenvalue weighted by Crippen LogP contribution is 2.30. The third kappa shape index (κ3) is 4.36. The minimum absolute atomic E-state index is 0.190. The number of ether oxygens (including phenoxy) is 1. The van der Waals surface area contributed by atoms with Crippen molar-refractivity contribution >= 4 is 15.7 Å². The lowest BCUT2D eigenvalue weighted by Crippen LogP contribution is -2.37. The van der Waals surface area contributed by atoms with Crippen molar-refractivity contribution < 1.29 is 13.2 Å². The first-order valence-corrected chi connectivity index (χ1v) is 9.29. The largest absolute Gasteiger partial charge is 0.490 e. The van der Waals surface area contributed by atoms with Gasteiger partial charge in [-0.05, 0) is 30.4 Å². The third-order valence-electron chi connectivity index (χ3n) is 3.47. The average molecular weight is 326 g/mol. The van der Waals surface area contributed by atoms with Crippen LogP contribution >= 0.6 is 0 Å². The van der Waals surface area contributed by atoms with Crippen LogP contribution in [-0.2, 0) is 10.0 Å². The van der Waals surface area contributed by atoms with Crippen LogP contribution in [0.3, 0.4) is 0 Å². The fraction of sp³-hybridized carbons (Fsp3) is 0.625. The predicted octanol–water partition coefficient (Wildman–Crippen LogP) is 2.84. The molecule has 1 aromatic rings. The lowest BCUT2D eigenvalue weighted by Gasteiger charge is -2.16. The molecule has 1 aliphatic rings. The van der Waals surface area contributed by atoms with Gasteiger partial charge in [0.1, 0.15) is 17.3 Å². The van der Waals surface area contributed by atoms with Crippen molar-refractivity contribution in [1.29, 1.82) is 0 Å². The van der Waals surface area contributed by atoms with Gasteiger partial charge in [-0.2, -0.15) is 0 Å². The molecule has 1 aromatic carbocycles. The van der Waals surface area contributed by atoms with E-state index in [1.54, 1.807) is 18.2 Å². The van der Waals surface area contributed by atoms with Gasteiger partial charge < -0.3 is 10.1 Å². The zero-order chi connectivity index (χ0) is 16.3. The van der Waals surface area contributed by atoms with Gasteiger partial charge in [-0.15, -0.1) is 0 Å². The van der Waals surface area contributed by atoms with Gasteiger partial charge in [-0.1, -0.05) is 27.7 Å². The maximum Gasteiger partial charge on any atom is 0.244 e. The first kappa shape index (κ1) is 17.1. The second-order valence-electron chi connectivity index (χ2n) is 6.70. The van der Waals surface area contributed by atoms with Gasteiger partial charge in [0.25, 0.3) is 0 Å². The number of nitrogens with one attached hydrogen (secondary N) is 2. The van der Waals surface area contributed by atoms with Crippen molar-refractivity contribution in [1.82, 2.24) is 4.72 Å². The van der Waals surface area contributed by atoms with Crippen LogP contribution in [0.5, 0.6) is 5.75 Å². The van der Waals surface area contributed by atoms with Gasteiger partial charge in [0.2, 0.25) is 10.0 Å². The summed E-state index contributed by atoms with van der Waals surface area (Å²) in [5.41, 5.74) is 0.880. The van der Waals surface area contributed by atoms with Crippen LogP contribution in [0.1, 0.15) is 34.1 Å². The standard InChI is InChI=1S/C16H26N2O3S/c1-11(2)7-14-10-21-15-8-13(17-9-12(3)4)5-6-16(15)22(19,20)18-14/h5-6,8,11-12,14,17-18H,7,9-10H2,1-4H3/t14-/m0/s1. The van der Waals surface area contributed by atoms with E-state index in [1.807, 2.05) is 0 Å². The van der Waals surface area contributed by atoms with Crippen LogP contribution in [0.15, 0.2) is 23.1 Å². The lowest BCUT2D eigenvalue weighted by atomic mass is 10.1. The van der Waals surface area contributed by atoms with E-state index in [9.17, 15) is 8.42 Å². The Morgan fingerprint density at radius 3 is 2.64 bits per heavy atom. The molecule has 2 N–H and O–H groups in total. The first-order valence-electron chi connectivity index (χ1n) is 7.81. The maximum absolute atomic E-state index is 12.5. The normalized spacial score (nSPS) is 20.4. The van der Waals surface area contributed by atoms with Crippen LogP contribution in [0.25, 0.3) is 0 Å². The summed E-state index contributed by atoms with van der Waals surface area (Å²) in [6, 6.07) is 4.98. The smallest absolute Gasteiger partial charge is 0.244 e. The summed E-state index contributed by atoms with van der Waals surface area (Å²) in [5, 5.41) is 3.29. The Kier molecular flexibility index (Phi) is 5.34. The highest BCUT2D eigenvalue weighted by Gasteiger charge is 2.28. The van der Waals surface area contributed by atoms with Crippen LogP contribution < -0.4 is 14.8 Å². The monoisotopic (exact) mass is 326 g/mol. The Morgan fingerprint density at radius 1 is 1.27 bits per heavy atom. The van der Waals surface area contributed by atoms with E-state index in [2.05, 4.69) is 37.7 Å². The van der Waals surface area contributed by atoms with Crippen LogP contribution in [0.4, 0.5) is 5.69 Å². The van der Waals surface area contributed by atoms with E-state index in [0.29, 0.717) is 24.2 Å². The van der Waals surface area contributed by atoms with Gasteiger partial charge in [0, 0.05) is 18.3 Å². The topological polar surface area (TPSA) is 67.4 Å². The zero-order valence-electron chi connectivity index (χ0n) is 13.7. The van der Waals surface area contributed by atoms with Crippen LogP contribution in [-0.4, -0.2) is 27.6 Å². The second kappa shape index (κ2) is 6.87. The molecule has 0 aliphatic carbocycles. The molecule has 124 valence electrons. The van der Waals surface area contributed by atoms with Crippen molar-refractivity contribution in [3.05, 3.63) is 18.2 Å². The number of sulfonamides is 1. The number of fused-ring (bicyclic) bond motifs is 1. The molecule has 1 aliphatic heterocycles. The number of rotatable bonds is 5. The van der Waals surface area contributed by atoms with Crippen molar-refractivity contribution in [2.24, 2.45) is 11.8 Å². The molecule has 0 saturated carbocycles. The summed E-state index contributed by atoms with van der Waals surface area (Å²) in [6.07, 6.45) is 0.756. The first-order chi connectivity index (χ1) is 10.3. The fourth-order valence-corrected chi connectivity index (χ4v) is 3.83. The van der Waals surface area contributed by atoms with E-state index in [-0.39, 0.29) is 10.9 Å². The Balaban J connectivity index is 2.23. The molecule has 1 heterocycles. The average Bonchev–Trinajstić information content (AvgIpc) is 2.52. The second-order valence-corrected chi connectivity index (χ2v) is 8.38. The fourth-order valence-electron chi connectivity index (χ4n) is 2.47. The Hall–Kier alpha value is -1.27. The summed E-state index contributed by atoms with van der Waals surface area (Å²) in [5.74, 6) is 1.34. The van der Waals surface area contributed by atoms with Crippen molar-refractivity contribution in [3.8, 4) is 5.75 Å². The molecular formula is C16H26N2O3S. The van der Waals surface area contributed by atoms with Crippen molar-refractivity contribution in [2.45, 2.75) is 45.1 Å². The Bertz CT molecular complexity index is 612. The molecular weight excluding hydrogens is 300 g/mol. The predicted molar refractivity (Wildman–Crippen MR) is 88.8 cm³/mol. The van der Waals surface area contributed by atoms with E-state index in [4.69, 9.17) is 4.74 Å². The lowest BCUT2D eigenvalue weighted by molar-refractivity contribution is 0.262. The molecule has 0 radical (unpaired) electrons. The molecule has 0 saturated heterocycles. The molecule has 1 atom stereocenters. The van der Waals surface area contributed by atoms with Crippen molar-refractivity contribution in [3.63, 3.8) is 0 Å². The molecule has 6 heteroatoms. The maximum atomic E-state index is 12.5. The Morgan fingerprint density at radius 2 is 2.00 bits per heavy atom. The van der Waals surface area contributed by atoms with Crippen LogP contribution in [0.2, 0.25) is 0 Å². The summed E-state index contributed by atoms with van der Waals surface area (Å²) in [4.78, 5) is 0.217. The van der Waals surface area contributed by atoms with E-state index < -0.39 is 10.0 Å². The van der Waals surface area contributed by atoms with Gasteiger partial charge in [-0.3, -0.25) is 0 Å². The number of hydrogen-bond donors (Lipinski definition) is 2. The molecule has 0 aromatic heterocycles. The number of anilines is 1. The Labute approximate surface area is 133 Å². The third-order valence-corrected chi connectivity index (χ3v) is 5.03. The highest BCUT2D eigenvalue weighted by atomic mass is 32.2. The quantitative estimate of drug-likeness (QED) is 0.873. The van der Waals surface area contributed by atoms with Crippen molar-refractivity contribution in [2.75, 3.05) is 18.5 Å². The van der Waals surface area contributed by atoms with E-state index in [1.165, 1.54) is 0 Å². The van der Waals surface area contributed by atoms with Gasteiger partial charge in [0.05, 0.1) is 6.04 Å². The molecule has 0 unspecified atom stereocenters. The zero-order valence-corrected chi connectivity index (χ0v) is 14.5. The summed E-state index contributed by atoms with van der Waals surface area (Å²) < 4.78 is 33.4. The minimum atomic E-state index is -3.52. The molecule has 0 fully saturated rings. The van der Waals surface area contributed by atoms with Gasteiger partial charge in [0.15, 0.2) is 0 Å². The molecule has 22 heavy (non-hydrogen) atoms. The summed E-state index contributed by atoms with van der Waals surface area (Å²) in [6.45, 7) is 9.58. The molecule has 5 nitrogen and oxygen atoms in total. The summed E-state index contributed by atoms with van der Waals surface area (Å²) in [7, 11) is -3.52. The molecule has 0 spiro atoms. The van der Waals surface area contributed by atoms with Gasteiger partial charge in [-0.25, -0.2) is 13.1 Å². The number of benzene rings is 1.